The van der Waals surface area contributed by atoms with Crippen molar-refractivity contribution in [1.29, 1.82) is 0 Å². The first kappa shape index (κ1) is 12.8. The summed E-state index contributed by atoms with van der Waals surface area (Å²) in [6.07, 6.45) is 1.14. The van der Waals surface area contributed by atoms with E-state index in [1.165, 1.54) is 6.07 Å². The number of aromatic nitrogens is 2. The van der Waals surface area contributed by atoms with Crippen molar-refractivity contribution in [1.82, 2.24) is 9.97 Å². The fraction of sp³-hybridized carbons (Fsp3) is 0.500. The molecule has 1 aromatic rings. The molecular weight excluding hydrogens is 228 g/mol. The Hall–Kier alpha value is -1.30. The molecule has 0 unspecified atom stereocenters. The fourth-order valence-corrected chi connectivity index (χ4v) is 2.03. The summed E-state index contributed by atoms with van der Waals surface area (Å²) >= 11 is 1.07. The lowest BCUT2D eigenvalue weighted by Gasteiger charge is -2.08. The molecule has 0 fully saturated rings. The number of carboxylic acids is 1. The highest BCUT2D eigenvalue weighted by molar-refractivity contribution is 8.00. The van der Waals surface area contributed by atoms with Crippen LogP contribution in [0.1, 0.15) is 26.0 Å². The van der Waals surface area contributed by atoms with E-state index in [1.807, 2.05) is 6.92 Å². The zero-order chi connectivity index (χ0) is 12.1. The summed E-state index contributed by atoms with van der Waals surface area (Å²) in [5, 5.41) is 8.69. The summed E-state index contributed by atoms with van der Waals surface area (Å²) in [4.78, 5) is 28.8. The molecule has 1 heterocycles. The van der Waals surface area contributed by atoms with Crippen LogP contribution in [0.2, 0.25) is 0 Å². The maximum Gasteiger partial charge on any atom is 0.317 e. The first-order chi connectivity index (χ1) is 7.56. The normalized spacial score (nSPS) is 12.4. The molecule has 0 saturated carbocycles. The standard InChI is InChI=1S/C10H14N2O3S/c1-3-6-5-8(13)12-10(11-6)16-7(4-2)9(14)15/h5,7H,3-4H2,1-2H3,(H,14,15)(H,11,12,13)/t7-/m0/s1. The van der Waals surface area contributed by atoms with Crippen LogP contribution in [0.5, 0.6) is 0 Å². The molecule has 1 aromatic heterocycles. The molecule has 0 aliphatic carbocycles. The smallest absolute Gasteiger partial charge is 0.317 e. The topological polar surface area (TPSA) is 83.0 Å². The van der Waals surface area contributed by atoms with Crippen LogP contribution >= 0.6 is 11.8 Å². The minimum atomic E-state index is -0.892. The summed E-state index contributed by atoms with van der Waals surface area (Å²) in [6.45, 7) is 3.68. The zero-order valence-corrected chi connectivity index (χ0v) is 10.0. The Balaban J connectivity index is 2.91. The molecule has 0 bridgehead atoms. The molecule has 6 heteroatoms. The lowest BCUT2D eigenvalue weighted by Crippen LogP contribution is -2.17. The SMILES string of the molecule is CCc1cc(=O)[nH]c(S[C@@H](CC)C(=O)O)n1. The van der Waals surface area contributed by atoms with E-state index in [9.17, 15) is 9.59 Å². The van der Waals surface area contributed by atoms with E-state index in [-0.39, 0.29) is 5.56 Å². The molecule has 0 aliphatic heterocycles. The van der Waals surface area contributed by atoms with Crippen molar-refractivity contribution in [3.8, 4) is 0 Å². The van der Waals surface area contributed by atoms with Gasteiger partial charge in [-0.3, -0.25) is 9.59 Å². The number of carboxylic acid groups (broad SMARTS) is 1. The van der Waals surface area contributed by atoms with Gasteiger partial charge in [-0.15, -0.1) is 0 Å². The van der Waals surface area contributed by atoms with Crippen LogP contribution < -0.4 is 5.56 Å². The second-order valence-corrected chi connectivity index (χ2v) is 4.44. The van der Waals surface area contributed by atoms with E-state index >= 15 is 0 Å². The Bertz CT molecular complexity index is 430. The van der Waals surface area contributed by atoms with Gasteiger partial charge in [0.05, 0.1) is 0 Å². The maximum atomic E-state index is 11.3. The Labute approximate surface area is 97.3 Å². The van der Waals surface area contributed by atoms with Gasteiger partial charge in [-0.25, -0.2) is 4.98 Å². The lowest BCUT2D eigenvalue weighted by molar-refractivity contribution is -0.136. The summed E-state index contributed by atoms with van der Waals surface area (Å²) in [7, 11) is 0. The molecule has 0 radical (unpaired) electrons. The average Bonchev–Trinajstić information content (AvgIpc) is 2.24. The van der Waals surface area contributed by atoms with Gasteiger partial charge < -0.3 is 10.1 Å². The molecule has 1 rings (SSSR count). The van der Waals surface area contributed by atoms with Crippen LogP contribution in [0, 0.1) is 0 Å². The van der Waals surface area contributed by atoms with Gasteiger partial charge in [0.25, 0.3) is 5.56 Å². The maximum absolute atomic E-state index is 11.3. The number of hydrogen-bond acceptors (Lipinski definition) is 4. The van der Waals surface area contributed by atoms with E-state index in [0.29, 0.717) is 23.7 Å². The minimum Gasteiger partial charge on any atom is -0.480 e. The Morgan fingerprint density at radius 2 is 2.31 bits per heavy atom. The number of thioether (sulfide) groups is 1. The van der Waals surface area contributed by atoms with Gasteiger partial charge in [0, 0.05) is 11.8 Å². The molecular formula is C10H14N2O3S. The van der Waals surface area contributed by atoms with Gasteiger partial charge in [-0.1, -0.05) is 25.6 Å². The number of rotatable bonds is 5. The third-order valence-corrected chi connectivity index (χ3v) is 3.27. The molecule has 88 valence electrons. The first-order valence-corrected chi connectivity index (χ1v) is 5.94. The molecule has 5 nitrogen and oxygen atoms in total. The van der Waals surface area contributed by atoms with Crippen molar-refractivity contribution >= 4 is 17.7 Å². The third kappa shape index (κ3) is 3.37. The predicted molar refractivity (Wildman–Crippen MR) is 61.8 cm³/mol. The largest absolute Gasteiger partial charge is 0.480 e. The Morgan fingerprint density at radius 1 is 1.62 bits per heavy atom. The van der Waals surface area contributed by atoms with Crippen LogP contribution in [0.25, 0.3) is 0 Å². The molecule has 1 atom stereocenters. The van der Waals surface area contributed by atoms with E-state index < -0.39 is 11.2 Å². The van der Waals surface area contributed by atoms with Crippen molar-refractivity contribution in [3.63, 3.8) is 0 Å². The van der Waals surface area contributed by atoms with Gasteiger partial charge in [0.15, 0.2) is 5.16 Å². The van der Waals surface area contributed by atoms with Crippen LogP contribution in [-0.4, -0.2) is 26.3 Å². The number of aliphatic carboxylic acids is 1. The molecule has 0 aromatic carbocycles. The second-order valence-electron chi connectivity index (χ2n) is 3.25. The van der Waals surface area contributed by atoms with Crippen molar-refractivity contribution in [2.75, 3.05) is 0 Å². The Kier molecular flexibility index (Phi) is 4.54. The molecule has 0 spiro atoms. The van der Waals surface area contributed by atoms with Crippen LogP contribution in [0.4, 0.5) is 0 Å². The number of hydrogen-bond donors (Lipinski definition) is 2. The number of H-pyrrole nitrogens is 1. The van der Waals surface area contributed by atoms with Gasteiger partial charge >= 0.3 is 5.97 Å². The highest BCUT2D eigenvalue weighted by Gasteiger charge is 2.17. The van der Waals surface area contributed by atoms with Crippen molar-refractivity contribution in [3.05, 3.63) is 22.1 Å². The molecule has 0 aliphatic rings. The van der Waals surface area contributed by atoms with E-state index in [0.717, 1.165) is 11.8 Å². The molecule has 0 saturated heterocycles. The number of carbonyl (C=O) groups is 1. The zero-order valence-electron chi connectivity index (χ0n) is 9.19. The van der Waals surface area contributed by atoms with Crippen LogP contribution in [0.3, 0.4) is 0 Å². The summed E-state index contributed by atoms with van der Waals surface area (Å²) in [5.74, 6) is -0.892. The molecule has 16 heavy (non-hydrogen) atoms. The number of aryl methyl sites for hydroxylation is 1. The van der Waals surface area contributed by atoms with E-state index in [1.54, 1.807) is 6.92 Å². The number of nitrogens with zero attached hydrogens (tertiary/aromatic N) is 1. The van der Waals surface area contributed by atoms with Crippen LogP contribution in [0.15, 0.2) is 16.0 Å². The number of aromatic amines is 1. The summed E-state index contributed by atoms with van der Waals surface area (Å²) in [5.41, 5.74) is 0.432. The fourth-order valence-electron chi connectivity index (χ4n) is 1.16. The average molecular weight is 242 g/mol. The molecule has 0 amide bonds. The van der Waals surface area contributed by atoms with E-state index in [2.05, 4.69) is 9.97 Å². The van der Waals surface area contributed by atoms with Crippen molar-refractivity contribution in [2.24, 2.45) is 0 Å². The minimum absolute atomic E-state index is 0.241. The van der Waals surface area contributed by atoms with Crippen molar-refractivity contribution in [2.45, 2.75) is 37.1 Å². The third-order valence-electron chi connectivity index (χ3n) is 2.04. The quantitative estimate of drug-likeness (QED) is 0.600. The predicted octanol–water partition coefficient (Wildman–Crippen LogP) is 1.29. The second kappa shape index (κ2) is 5.69. The highest BCUT2D eigenvalue weighted by Crippen LogP contribution is 2.21. The van der Waals surface area contributed by atoms with Crippen LogP contribution in [-0.2, 0) is 11.2 Å². The Morgan fingerprint density at radius 3 is 2.81 bits per heavy atom. The highest BCUT2D eigenvalue weighted by atomic mass is 32.2. The summed E-state index contributed by atoms with van der Waals surface area (Å²) in [6, 6.07) is 1.42. The van der Waals surface area contributed by atoms with E-state index in [4.69, 9.17) is 5.11 Å². The first-order valence-electron chi connectivity index (χ1n) is 5.06. The monoisotopic (exact) mass is 242 g/mol. The van der Waals surface area contributed by atoms with Gasteiger partial charge in [-0.2, -0.15) is 0 Å². The number of nitrogens with one attached hydrogen (secondary N) is 1. The summed E-state index contributed by atoms with van der Waals surface area (Å²) < 4.78 is 0. The van der Waals surface area contributed by atoms with Gasteiger partial charge in [-0.05, 0) is 12.8 Å². The van der Waals surface area contributed by atoms with Gasteiger partial charge in [0.2, 0.25) is 0 Å². The lowest BCUT2D eigenvalue weighted by atomic mass is 10.3. The van der Waals surface area contributed by atoms with Gasteiger partial charge in [0.1, 0.15) is 5.25 Å². The van der Waals surface area contributed by atoms with Crippen molar-refractivity contribution < 1.29 is 9.90 Å². The molecule has 2 N–H and O–H groups in total.